The highest BCUT2D eigenvalue weighted by atomic mass is 35.5. The fraction of sp³-hybridized carbons (Fsp3) is 0.143. The largest absolute Gasteiger partial charge is 0.366 e. The van der Waals surface area contributed by atoms with Crippen LogP contribution in [0.3, 0.4) is 0 Å². The molecule has 2 aromatic carbocycles. The van der Waals surface area contributed by atoms with E-state index in [0.717, 1.165) is 32.4 Å². The Labute approximate surface area is 182 Å². The van der Waals surface area contributed by atoms with E-state index in [9.17, 15) is 4.79 Å². The number of fused-ring (bicyclic) bond motifs is 1. The number of hydrogen-bond donors (Lipinski definition) is 2. The predicted molar refractivity (Wildman–Crippen MR) is 119 cm³/mol. The van der Waals surface area contributed by atoms with E-state index in [1.165, 1.54) is 0 Å². The summed E-state index contributed by atoms with van der Waals surface area (Å²) in [7, 11) is 0. The lowest BCUT2D eigenvalue weighted by molar-refractivity contribution is -0.115. The van der Waals surface area contributed by atoms with Crippen LogP contribution in [0.5, 0.6) is 0 Å². The third-order valence-electron chi connectivity index (χ3n) is 4.61. The molecule has 0 saturated carbocycles. The Morgan fingerprint density at radius 2 is 1.87 bits per heavy atom. The van der Waals surface area contributed by atoms with Gasteiger partial charge in [0.1, 0.15) is 0 Å². The van der Waals surface area contributed by atoms with Crippen LogP contribution < -0.4 is 11.1 Å². The van der Waals surface area contributed by atoms with Gasteiger partial charge in [0.05, 0.1) is 11.4 Å². The maximum atomic E-state index is 12.6. The van der Waals surface area contributed by atoms with Gasteiger partial charge in [0.2, 0.25) is 11.9 Å². The maximum absolute atomic E-state index is 12.6. The lowest BCUT2D eigenvalue weighted by Crippen LogP contribution is -2.17. The highest BCUT2D eigenvalue weighted by molar-refractivity contribution is 7.99. The number of nitrogens with two attached hydrogens (primary N) is 1. The monoisotopic (exact) mass is 438 g/mol. The van der Waals surface area contributed by atoms with Crippen LogP contribution in [-0.4, -0.2) is 25.5 Å². The van der Waals surface area contributed by atoms with Gasteiger partial charge in [-0.1, -0.05) is 35.5 Å². The molecular weight excluding hydrogens is 420 g/mol. The van der Waals surface area contributed by atoms with E-state index in [-0.39, 0.29) is 18.3 Å². The Hall–Kier alpha value is -3.10. The predicted octanol–water partition coefficient (Wildman–Crippen LogP) is 4.31. The topological polar surface area (TPSA) is 98.2 Å². The van der Waals surface area contributed by atoms with Crippen molar-refractivity contribution in [3.8, 4) is 0 Å². The number of aryl methyl sites for hydroxylation is 2. The molecule has 0 bridgehead atoms. The fourth-order valence-corrected chi connectivity index (χ4v) is 4.20. The fourth-order valence-electron chi connectivity index (χ4n) is 3.11. The molecule has 0 fully saturated rings. The number of benzene rings is 2. The number of amides is 1. The molecule has 0 aliphatic carbocycles. The second kappa shape index (κ2) is 8.33. The SMILES string of the molecule is Cc1nc2nc(N)nn2c(C)c1CC(=O)Nc1ccc(Sc2ccccc2Cl)cc1. The Bertz CT molecular complexity index is 1240. The number of hydrogen-bond acceptors (Lipinski definition) is 6. The average Bonchev–Trinajstić information content (AvgIpc) is 3.09. The Balaban J connectivity index is 1.46. The third kappa shape index (κ3) is 4.24. The number of rotatable bonds is 5. The maximum Gasteiger partial charge on any atom is 0.254 e. The van der Waals surface area contributed by atoms with E-state index in [1.54, 1.807) is 16.3 Å². The number of nitrogens with one attached hydrogen (secondary N) is 1. The van der Waals surface area contributed by atoms with Crippen molar-refractivity contribution in [3.05, 3.63) is 70.5 Å². The molecule has 30 heavy (non-hydrogen) atoms. The quantitative estimate of drug-likeness (QED) is 0.481. The summed E-state index contributed by atoms with van der Waals surface area (Å²) in [5.74, 6) is 0.446. The molecule has 0 spiro atoms. The zero-order valence-electron chi connectivity index (χ0n) is 16.4. The molecule has 4 rings (SSSR count). The molecule has 1 amide bonds. The Morgan fingerprint density at radius 1 is 1.13 bits per heavy atom. The van der Waals surface area contributed by atoms with E-state index in [1.807, 2.05) is 62.4 Å². The first kappa shape index (κ1) is 20.2. The summed E-state index contributed by atoms with van der Waals surface area (Å²) in [5, 5.41) is 7.78. The van der Waals surface area contributed by atoms with Gasteiger partial charge >= 0.3 is 0 Å². The summed E-state index contributed by atoms with van der Waals surface area (Å²) >= 11 is 7.79. The average molecular weight is 439 g/mol. The van der Waals surface area contributed by atoms with Crippen molar-refractivity contribution in [1.29, 1.82) is 0 Å². The number of halogens is 1. The van der Waals surface area contributed by atoms with Gasteiger partial charge < -0.3 is 11.1 Å². The van der Waals surface area contributed by atoms with E-state index in [4.69, 9.17) is 17.3 Å². The van der Waals surface area contributed by atoms with Crippen molar-refractivity contribution in [2.24, 2.45) is 0 Å². The second-order valence-electron chi connectivity index (χ2n) is 6.72. The first-order chi connectivity index (χ1) is 14.4. The zero-order valence-corrected chi connectivity index (χ0v) is 18.0. The van der Waals surface area contributed by atoms with Gasteiger partial charge in [-0.15, -0.1) is 5.10 Å². The van der Waals surface area contributed by atoms with Crippen LogP contribution in [0.15, 0.2) is 58.3 Å². The minimum atomic E-state index is -0.137. The van der Waals surface area contributed by atoms with Crippen LogP contribution in [0.4, 0.5) is 11.6 Å². The van der Waals surface area contributed by atoms with Gasteiger partial charge in [-0.3, -0.25) is 4.79 Å². The second-order valence-corrected chi connectivity index (χ2v) is 8.25. The molecule has 0 radical (unpaired) electrons. The van der Waals surface area contributed by atoms with Gasteiger partial charge in [-0.05, 0) is 50.2 Å². The summed E-state index contributed by atoms with van der Waals surface area (Å²) in [6, 6.07) is 15.3. The molecule has 0 aliphatic rings. The Kier molecular flexibility index (Phi) is 5.61. The van der Waals surface area contributed by atoms with Gasteiger partial charge in [0.25, 0.3) is 5.78 Å². The van der Waals surface area contributed by atoms with Crippen molar-refractivity contribution in [1.82, 2.24) is 19.6 Å². The summed E-state index contributed by atoms with van der Waals surface area (Å²) in [5.41, 5.74) is 8.71. The highest BCUT2D eigenvalue weighted by Gasteiger charge is 2.15. The van der Waals surface area contributed by atoms with Gasteiger partial charge in [0, 0.05) is 32.4 Å². The van der Waals surface area contributed by atoms with Crippen LogP contribution in [0.2, 0.25) is 5.02 Å². The van der Waals surface area contributed by atoms with Crippen molar-refractivity contribution in [2.45, 2.75) is 30.1 Å². The first-order valence-electron chi connectivity index (χ1n) is 9.21. The molecule has 152 valence electrons. The molecule has 0 unspecified atom stereocenters. The number of nitrogens with zero attached hydrogens (tertiary/aromatic N) is 4. The highest BCUT2D eigenvalue weighted by Crippen LogP contribution is 2.33. The van der Waals surface area contributed by atoms with Crippen molar-refractivity contribution in [2.75, 3.05) is 11.1 Å². The normalized spacial score (nSPS) is 11.0. The molecule has 2 aromatic heterocycles. The summed E-state index contributed by atoms with van der Waals surface area (Å²) in [4.78, 5) is 23.1. The Morgan fingerprint density at radius 3 is 2.60 bits per heavy atom. The van der Waals surface area contributed by atoms with E-state index in [2.05, 4.69) is 20.4 Å². The lowest BCUT2D eigenvalue weighted by atomic mass is 10.1. The van der Waals surface area contributed by atoms with Gasteiger partial charge in [-0.2, -0.15) is 9.50 Å². The molecule has 0 atom stereocenters. The molecular formula is C21H19ClN6OS. The van der Waals surface area contributed by atoms with E-state index < -0.39 is 0 Å². The van der Waals surface area contributed by atoms with Crippen LogP contribution in [0.1, 0.15) is 17.0 Å². The number of nitrogen functional groups attached to an aromatic ring is 1. The molecule has 9 heteroatoms. The smallest absolute Gasteiger partial charge is 0.254 e. The van der Waals surface area contributed by atoms with Crippen LogP contribution in [0, 0.1) is 13.8 Å². The number of aromatic nitrogens is 4. The summed E-state index contributed by atoms with van der Waals surface area (Å²) in [6.45, 7) is 3.72. The van der Waals surface area contributed by atoms with Gasteiger partial charge in [-0.25, -0.2) is 4.98 Å². The minimum Gasteiger partial charge on any atom is -0.366 e. The molecule has 0 aliphatic heterocycles. The molecule has 0 saturated heterocycles. The van der Waals surface area contributed by atoms with Crippen LogP contribution in [-0.2, 0) is 11.2 Å². The van der Waals surface area contributed by atoms with Crippen LogP contribution in [0.25, 0.3) is 5.78 Å². The number of carbonyl (C=O) groups excluding carboxylic acids is 1. The summed E-state index contributed by atoms with van der Waals surface area (Å²) in [6.07, 6.45) is 0.177. The molecule has 4 aromatic rings. The number of anilines is 2. The minimum absolute atomic E-state index is 0.137. The van der Waals surface area contributed by atoms with Crippen molar-refractivity contribution < 1.29 is 4.79 Å². The lowest BCUT2D eigenvalue weighted by Gasteiger charge is -2.11. The number of carbonyl (C=O) groups is 1. The molecule has 3 N–H and O–H groups in total. The van der Waals surface area contributed by atoms with Crippen molar-refractivity contribution >= 4 is 46.7 Å². The van der Waals surface area contributed by atoms with E-state index >= 15 is 0 Å². The molecule has 7 nitrogen and oxygen atoms in total. The summed E-state index contributed by atoms with van der Waals surface area (Å²) < 4.78 is 1.56. The zero-order chi connectivity index (χ0) is 21.3. The van der Waals surface area contributed by atoms with E-state index in [0.29, 0.717) is 10.8 Å². The first-order valence-corrected chi connectivity index (χ1v) is 10.4. The molecule has 2 heterocycles. The van der Waals surface area contributed by atoms with Gasteiger partial charge in [0.15, 0.2) is 0 Å². The third-order valence-corrected chi connectivity index (χ3v) is 6.13. The standard InChI is InChI=1S/C21H19ClN6OS/c1-12-16(13(2)28-21(24-12)26-20(23)27-28)11-19(29)25-14-7-9-15(10-8-14)30-18-6-4-3-5-17(18)22/h3-10H,11H2,1-2H3,(H2,23,27)(H,25,29). The van der Waals surface area contributed by atoms with Crippen LogP contribution >= 0.6 is 23.4 Å². The van der Waals surface area contributed by atoms with Crippen molar-refractivity contribution in [3.63, 3.8) is 0 Å².